The number of benzene rings is 3. The second-order valence-corrected chi connectivity index (χ2v) is 10.0. The van der Waals surface area contributed by atoms with E-state index in [1.165, 1.54) is 11.1 Å². The Bertz CT molecular complexity index is 1230. The molecule has 3 aromatic carbocycles. The van der Waals surface area contributed by atoms with Gasteiger partial charge in [-0.1, -0.05) is 29.8 Å². The summed E-state index contributed by atoms with van der Waals surface area (Å²) in [6, 6.07) is 16.2. The second kappa shape index (κ2) is 8.25. The number of carbonyl (C=O) groups excluding carboxylic acids is 1. The highest BCUT2D eigenvalue weighted by atomic mass is 79.9. The first-order valence-corrected chi connectivity index (χ1v) is 11.6. The number of hydrogen-bond acceptors (Lipinski definition) is 2. The lowest BCUT2D eigenvalue weighted by Gasteiger charge is -2.32. The standard InChI is InChI=1S/C28H28BrNO2/c1-16-7-9-20(10-8-16)24-15-28(5,6)32-26-23(24)13-21(14-25(26)29)27(31)30-22-11-17(2)19(4)18(3)12-22/h7-15H,1-6H3,(H,30,31). The van der Waals surface area contributed by atoms with Crippen LogP contribution in [0.2, 0.25) is 0 Å². The number of carbonyl (C=O) groups is 1. The van der Waals surface area contributed by atoms with Gasteiger partial charge in [-0.15, -0.1) is 0 Å². The predicted octanol–water partition coefficient (Wildman–Crippen LogP) is 7.54. The number of aryl methyl sites for hydroxylation is 3. The average molecular weight is 490 g/mol. The van der Waals surface area contributed by atoms with Crippen molar-refractivity contribution in [2.24, 2.45) is 0 Å². The molecule has 0 aliphatic carbocycles. The molecule has 0 bridgehead atoms. The number of rotatable bonds is 3. The minimum atomic E-state index is -0.462. The number of ether oxygens (including phenoxy) is 1. The first-order chi connectivity index (χ1) is 15.0. The van der Waals surface area contributed by atoms with Gasteiger partial charge in [-0.05, 0) is 116 Å². The van der Waals surface area contributed by atoms with Gasteiger partial charge in [-0.2, -0.15) is 0 Å². The maximum Gasteiger partial charge on any atom is 0.255 e. The normalized spacial score (nSPS) is 14.3. The largest absolute Gasteiger partial charge is 0.482 e. The third-order valence-electron chi connectivity index (χ3n) is 6.00. The molecule has 0 saturated carbocycles. The fourth-order valence-corrected chi connectivity index (χ4v) is 4.57. The molecule has 1 aliphatic heterocycles. The van der Waals surface area contributed by atoms with Gasteiger partial charge in [0, 0.05) is 16.8 Å². The minimum absolute atomic E-state index is 0.149. The minimum Gasteiger partial charge on any atom is -0.482 e. The van der Waals surface area contributed by atoms with Gasteiger partial charge in [0.2, 0.25) is 0 Å². The summed E-state index contributed by atoms with van der Waals surface area (Å²) in [6.45, 7) is 12.4. The number of anilines is 1. The molecule has 0 unspecified atom stereocenters. The van der Waals surface area contributed by atoms with Crippen LogP contribution in [0, 0.1) is 27.7 Å². The average Bonchev–Trinajstić information content (AvgIpc) is 2.72. The maximum absolute atomic E-state index is 13.2. The summed E-state index contributed by atoms with van der Waals surface area (Å²) in [7, 11) is 0. The number of halogens is 1. The predicted molar refractivity (Wildman–Crippen MR) is 136 cm³/mol. The molecule has 4 rings (SSSR count). The zero-order chi connectivity index (χ0) is 23.2. The quantitative estimate of drug-likeness (QED) is 0.412. The summed E-state index contributed by atoms with van der Waals surface area (Å²) < 4.78 is 7.03. The SMILES string of the molecule is Cc1ccc(C2=CC(C)(C)Oc3c(Br)cc(C(=O)Nc4cc(C)c(C)c(C)c4)cc32)cc1. The molecule has 1 amide bonds. The summed E-state index contributed by atoms with van der Waals surface area (Å²) in [5.41, 5.74) is 8.76. The van der Waals surface area contributed by atoms with Gasteiger partial charge in [-0.25, -0.2) is 0 Å². The first-order valence-electron chi connectivity index (χ1n) is 10.8. The van der Waals surface area contributed by atoms with Gasteiger partial charge in [0.25, 0.3) is 5.91 Å². The summed E-state index contributed by atoms with van der Waals surface area (Å²) >= 11 is 3.65. The van der Waals surface area contributed by atoms with Crippen molar-refractivity contribution in [2.45, 2.75) is 47.1 Å². The molecule has 0 saturated heterocycles. The topological polar surface area (TPSA) is 38.3 Å². The van der Waals surface area contributed by atoms with E-state index in [9.17, 15) is 4.79 Å². The molecule has 32 heavy (non-hydrogen) atoms. The van der Waals surface area contributed by atoms with Gasteiger partial charge in [0.1, 0.15) is 11.4 Å². The van der Waals surface area contributed by atoms with Gasteiger partial charge in [0.15, 0.2) is 0 Å². The van der Waals surface area contributed by atoms with Crippen LogP contribution in [-0.2, 0) is 0 Å². The van der Waals surface area contributed by atoms with Crippen LogP contribution in [0.5, 0.6) is 5.75 Å². The third-order valence-corrected chi connectivity index (χ3v) is 6.59. The lowest BCUT2D eigenvalue weighted by atomic mass is 9.88. The van der Waals surface area contributed by atoms with Gasteiger partial charge in [0.05, 0.1) is 4.47 Å². The molecule has 0 radical (unpaired) electrons. The van der Waals surface area contributed by atoms with Crippen molar-refractivity contribution >= 4 is 33.1 Å². The maximum atomic E-state index is 13.2. The van der Waals surface area contributed by atoms with Crippen LogP contribution in [-0.4, -0.2) is 11.5 Å². The first kappa shape index (κ1) is 22.3. The molecule has 164 valence electrons. The highest BCUT2D eigenvalue weighted by Gasteiger charge is 2.30. The summed E-state index contributed by atoms with van der Waals surface area (Å²) in [5, 5.41) is 3.06. The fourth-order valence-electron chi connectivity index (χ4n) is 4.03. The van der Waals surface area contributed by atoms with Crippen LogP contribution in [0.25, 0.3) is 5.57 Å². The zero-order valence-corrected chi connectivity index (χ0v) is 21.0. The Labute approximate surface area is 198 Å². The number of fused-ring (bicyclic) bond motifs is 1. The van der Waals surface area contributed by atoms with Crippen LogP contribution in [0.15, 0.2) is 59.1 Å². The highest BCUT2D eigenvalue weighted by Crippen LogP contribution is 2.44. The van der Waals surface area contributed by atoms with Crippen LogP contribution in [0.4, 0.5) is 5.69 Å². The van der Waals surface area contributed by atoms with Crippen LogP contribution in [0.3, 0.4) is 0 Å². The van der Waals surface area contributed by atoms with Crippen molar-refractivity contribution in [1.82, 2.24) is 0 Å². The van der Waals surface area contributed by atoms with E-state index in [0.717, 1.165) is 43.7 Å². The van der Waals surface area contributed by atoms with Crippen LogP contribution >= 0.6 is 15.9 Å². The molecule has 1 heterocycles. The van der Waals surface area contributed by atoms with E-state index in [-0.39, 0.29) is 5.91 Å². The Balaban J connectivity index is 1.76. The Morgan fingerprint density at radius 2 is 1.56 bits per heavy atom. The fraction of sp³-hybridized carbons (Fsp3) is 0.250. The van der Waals surface area contributed by atoms with Gasteiger partial charge < -0.3 is 10.1 Å². The number of nitrogens with one attached hydrogen (secondary N) is 1. The van der Waals surface area contributed by atoms with Crippen molar-refractivity contribution in [2.75, 3.05) is 5.32 Å². The summed E-state index contributed by atoms with van der Waals surface area (Å²) in [6.07, 6.45) is 2.13. The van der Waals surface area contributed by atoms with Gasteiger partial charge >= 0.3 is 0 Å². The zero-order valence-electron chi connectivity index (χ0n) is 19.4. The Morgan fingerprint density at radius 1 is 0.938 bits per heavy atom. The van der Waals surface area contributed by atoms with Gasteiger partial charge in [-0.3, -0.25) is 4.79 Å². The van der Waals surface area contributed by atoms with Crippen LogP contribution < -0.4 is 10.1 Å². The van der Waals surface area contributed by atoms with Crippen molar-refractivity contribution in [3.05, 3.63) is 98.0 Å². The monoisotopic (exact) mass is 489 g/mol. The number of amides is 1. The molecule has 1 N–H and O–H groups in total. The Hall–Kier alpha value is -2.85. The highest BCUT2D eigenvalue weighted by molar-refractivity contribution is 9.10. The molecule has 0 spiro atoms. The molecule has 0 atom stereocenters. The van der Waals surface area contributed by atoms with Crippen molar-refractivity contribution < 1.29 is 9.53 Å². The van der Waals surface area contributed by atoms with Crippen LogP contribution in [0.1, 0.15) is 57.6 Å². The Morgan fingerprint density at radius 3 is 2.19 bits per heavy atom. The van der Waals surface area contributed by atoms with E-state index in [1.54, 1.807) is 0 Å². The molecule has 0 aromatic heterocycles. The lowest BCUT2D eigenvalue weighted by Crippen LogP contribution is -2.29. The van der Waals surface area contributed by atoms with Crippen molar-refractivity contribution in [3.8, 4) is 5.75 Å². The smallest absolute Gasteiger partial charge is 0.255 e. The van der Waals surface area contributed by atoms with Crippen molar-refractivity contribution in [1.29, 1.82) is 0 Å². The van der Waals surface area contributed by atoms with E-state index in [1.807, 2.05) is 38.1 Å². The van der Waals surface area contributed by atoms with E-state index in [4.69, 9.17) is 4.74 Å². The molecule has 1 aliphatic rings. The summed E-state index contributed by atoms with van der Waals surface area (Å²) in [5.74, 6) is 0.607. The number of hydrogen-bond donors (Lipinski definition) is 1. The van der Waals surface area contributed by atoms with E-state index in [0.29, 0.717) is 5.56 Å². The molecular formula is C28H28BrNO2. The third kappa shape index (κ3) is 4.37. The van der Waals surface area contributed by atoms with E-state index >= 15 is 0 Å². The Kier molecular flexibility index (Phi) is 5.76. The molecule has 3 aromatic rings. The summed E-state index contributed by atoms with van der Waals surface area (Å²) in [4.78, 5) is 13.2. The molecule has 3 nitrogen and oxygen atoms in total. The van der Waals surface area contributed by atoms with Crippen molar-refractivity contribution in [3.63, 3.8) is 0 Å². The molecular weight excluding hydrogens is 462 g/mol. The molecule has 0 fully saturated rings. The van der Waals surface area contributed by atoms with E-state index in [2.05, 4.69) is 79.3 Å². The molecule has 4 heteroatoms. The lowest BCUT2D eigenvalue weighted by molar-refractivity contribution is 0.102. The van der Waals surface area contributed by atoms with E-state index < -0.39 is 5.60 Å². The second-order valence-electron chi connectivity index (χ2n) is 9.15.